The van der Waals surface area contributed by atoms with E-state index in [1.807, 2.05) is 0 Å². The molecule has 1 atom stereocenters. The van der Waals surface area contributed by atoms with Crippen molar-refractivity contribution in [2.45, 2.75) is 25.1 Å². The molecule has 1 aliphatic rings. The van der Waals surface area contributed by atoms with Crippen LogP contribution >= 0.6 is 0 Å². The third kappa shape index (κ3) is 2.38. The van der Waals surface area contributed by atoms with Crippen LogP contribution in [0.5, 0.6) is 11.5 Å². The molecule has 0 spiro atoms. The minimum absolute atomic E-state index is 0.205. The second-order valence-electron chi connectivity index (χ2n) is 4.60. The Morgan fingerprint density at radius 1 is 1.17 bits per heavy atom. The van der Waals surface area contributed by atoms with Crippen LogP contribution in [0.4, 0.5) is 13.2 Å². The number of phenols is 2. The average Bonchev–Trinajstić information content (AvgIpc) is 2.40. The van der Waals surface area contributed by atoms with Gasteiger partial charge in [0, 0.05) is 6.54 Å². The quantitative estimate of drug-likeness (QED) is 0.703. The first-order chi connectivity index (χ1) is 8.29. The maximum absolute atomic E-state index is 12.9. The number of aromatic hydroxyl groups is 2. The summed E-state index contributed by atoms with van der Waals surface area (Å²) in [6.45, 7) is 0.265. The van der Waals surface area contributed by atoms with E-state index in [9.17, 15) is 23.4 Å². The van der Waals surface area contributed by atoms with Crippen LogP contribution < -0.4 is 0 Å². The predicted molar refractivity (Wildman–Crippen MR) is 59.7 cm³/mol. The lowest BCUT2D eigenvalue weighted by molar-refractivity contribution is -0.179. The third-order valence-corrected chi connectivity index (χ3v) is 3.35. The highest BCUT2D eigenvalue weighted by Gasteiger charge is 2.43. The van der Waals surface area contributed by atoms with E-state index in [-0.39, 0.29) is 24.5 Å². The predicted octanol–water partition coefficient (Wildman–Crippen LogP) is 2.06. The zero-order chi connectivity index (χ0) is 13.5. The highest BCUT2D eigenvalue weighted by molar-refractivity contribution is 5.46. The summed E-state index contributed by atoms with van der Waals surface area (Å²) in [4.78, 5) is 1.26. The molecule has 1 aromatic rings. The van der Waals surface area contributed by atoms with Gasteiger partial charge in [-0.2, -0.15) is 13.2 Å². The van der Waals surface area contributed by atoms with Gasteiger partial charge in [-0.05, 0) is 43.1 Å². The van der Waals surface area contributed by atoms with Crippen molar-refractivity contribution < 1.29 is 23.4 Å². The number of hydrogen-bond donors (Lipinski definition) is 2. The second-order valence-corrected chi connectivity index (χ2v) is 4.60. The fraction of sp³-hybridized carbons (Fsp3) is 0.500. The molecule has 3 nitrogen and oxygen atoms in total. The SMILES string of the molecule is CN1CCc2cc(O)c(O)cc2CC1C(F)(F)F. The van der Waals surface area contributed by atoms with Gasteiger partial charge < -0.3 is 10.2 Å². The minimum Gasteiger partial charge on any atom is -0.504 e. The van der Waals surface area contributed by atoms with Crippen molar-refractivity contribution in [2.24, 2.45) is 0 Å². The van der Waals surface area contributed by atoms with Crippen LogP contribution in [-0.4, -0.2) is 40.9 Å². The van der Waals surface area contributed by atoms with Crippen molar-refractivity contribution in [1.82, 2.24) is 4.90 Å². The number of fused-ring (bicyclic) bond motifs is 1. The first-order valence-corrected chi connectivity index (χ1v) is 5.59. The molecule has 0 radical (unpaired) electrons. The van der Waals surface area contributed by atoms with Gasteiger partial charge in [0.25, 0.3) is 0 Å². The molecule has 2 N–H and O–H groups in total. The van der Waals surface area contributed by atoms with Crippen LogP contribution in [0.25, 0.3) is 0 Å². The van der Waals surface area contributed by atoms with Gasteiger partial charge in [-0.15, -0.1) is 0 Å². The molecule has 6 heteroatoms. The lowest BCUT2D eigenvalue weighted by Crippen LogP contribution is -2.44. The lowest BCUT2D eigenvalue weighted by atomic mass is 9.99. The van der Waals surface area contributed by atoms with E-state index in [0.717, 1.165) is 0 Å². The molecule has 1 unspecified atom stereocenters. The molecule has 1 aromatic carbocycles. The van der Waals surface area contributed by atoms with Gasteiger partial charge in [-0.3, -0.25) is 4.90 Å². The van der Waals surface area contributed by atoms with E-state index >= 15 is 0 Å². The molecule has 0 bridgehead atoms. The summed E-state index contributed by atoms with van der Waals surface area (Å²) < 4.78 is 38.7. The van der Waals surface area contributed by atoms with Crippen molar-refractivity contribution in [1.29, 1.82) is 0 Å². The zero-order valence-electron chi connectivity index (χ0n) is 9.83. The summed E-state index contributed by atoms with van der Waals surface area (Å²) in [5.74, 6) is -0.666. The Bertz CT molecular complexity index is 459. The van der Waals surface area contributed by atoms with E-state index in [0.29, 0.717) is 17.5 Å². The van der Waals surface area contributed by atoms with Gasteiger partial charge in [0.05, 0.1) is 0 Å². The van der Waals surface area contributed by atoms with E-state index in [1.54, 1.807) is 0 Å². The van der Waals surface area contributed by atoms with E-state index in [4.69, 9.17) is 0 Å². The van der Waals surface area contributed by atoms with Crippen LogP contribution in [0.2, 0.25) is 0 Å². The number of phenolic OH excluding ortho intramolecular Hbond substituents is 2. The highest BCUT2D eigenvalue weighted by atomic mass is 19.4. The molecule has 0 amide bonds. The topological polar surface area (TPSA) is 43.7 Å². The highest BCUT2D eigenvalue weighted by Crippen LogP contribution is 2.35. The number of rotatable bonds is 0. The number of likely N-dealkylation sites (N-methyl/N-ethyl adjacent to an activating group) is 1. The number of alkyl halides is 3. The monoisotopic (exact) mass is 261 g/mol. The van der Waals surface area contributed by atoms with Crippen LogP contribution in [0.15, 0.2) is 12.1 Å². The summed E-state index contributed by atoms with van der Waals surface area (Å²) >= 11 is 0. The third-order valence-electron chi connectivity index (χ3n) is 3.35. The summed E-state index contributed by atoms with van der Waals surface area (Å²) in [5.41, 5.74) is 1.10. The van der Waals surface area contributed by atoms with Gasteiger partial charge >= 0.3 is 6.18 Å². The van der Waals surface area contributed by atoms with Crippen molar-refractivity contribution in [3.05, 3.63) is 23.3 Å². The van der Waals surface area contributed by atoms with Gasteiger partial charge in [0.2, 0.25) is 0 Å². The Balaban J connectivity index is 2.40. The largest absolute Gasteiger partial charge is 0.504 e. The molecule has 0 saturated heterocycles. The Kier molecular flexibility index (Phi) is 3.14. The molecule has 1 aliphatic heterocycles. The first-order valence-electron chi connectivity index (χ1n) is 5.59. The molecular weight excluding hydrogens is 247 g/mol. The Morgan fingerprint density at radius 3 is 2.28 bits per heavy atom. The van der Waals surface area contributed by atoms with Crippen molar-refractivity contribution in [2.75, 3.05) is 13.6 Å². The number of nitrogens with zero attached hydrogens (tertiary/aromatic N) is 1. The maximum atomic E-state index is 12.9. The molecule has 100 valence electrons. The normalized spacial score (nSPS) is 21.4. The molecule has 2 rings (SSSR count). The van der Waals surface area contributed by atoms with Crippen molar-refractivity contribution in [3.8, 4) is 11.5 Å². The smallest absolute Gasteiger partial charge is 0.404 e. The fourth-order valence-corrected chi connectivity index (χ4v) is 2.27. The lowest BCUT2D eigenvalue weighted by Gasteiger charge is -2.27. The number of benzene rings is 1. The second kappa shape index (κ2) is 4.35. The molecule has 0 saturated carbocycles. The number of halogens is 3. The van der Waals surface area contributed by atoms with E-state index in [2.05, 4.69) is 0 Å². The van der Waals surface area contributed by atoms with Crippen LogP contribution in [-0.2, 0) is 12.8 Å². The molecular formula is C12H14F3NO2. The van der Waals surface area contributed by atoms with Gasteiger partial charge in [0.15, 0.2) is 11.5 Å². The summed E-state index contributed by atoms with van der Waals surface area (Å²) in [5, 5.41) is 18.8. The Morgan fingerprint density at radius 2 is 1.72 bits per heavy atom. The summed E-state index contributed by atoms with van der Waals surface area (Å²) in [6.07, 6.45) is -4.08. The van der Waals surface area contributed by atoms with Crippen molar-refractivity contribution >= 4 is 0 Å². The molecule has 0 fully saturated rings. The van der Waals surface area contributed by atoms with Crippen LogP contribution in [0.3, 0.4) is 0 Å². The standard InChI is InChI=1S/C12H14F3NO2/c1-16-3-2-7-4-9(17)10(18)5-8(7)6-11(16)12(13,14)15/h4-5,11,17-18H,2-3,6H2,1H3. The average molecular weight is 261 g/mol. The van der Waals surface area contributed by atoms with E-state index < -0.39 is 12.2 Å². The Hall–Kier alpha value is -1.43. The molecule has 0 aromatic heterocycles. The zero-order valence-corrected chi connectivity index (χ0v) is 9.83. The van der Waals surface area contributed by atoms with Gasteiger partial charge in [-0.1, -0.05) is 0 Å². The molecule has 1 heterocycles. The maximum Gasteiger partial charge on any atom is 0.404 e. The number of hydrogen-bond acceptors (Lipinski definition) is 3. The minimum atomic E-state index is -4.30. The van der Waals surface area contributed by atoms with Crippen LogP contribution in [0, 0.1) is 0 Å². The van der Waals surface area contributed by atoms with Gasteiger partial charge in [0.1, 0.15) is 6.04 Å². The molecule has 18 heavy (non-hydrogen) atoms. The van der Waals surface area contributed by atoms with Crippen molar-refractivity contribution in [3.63, 3.8) is 0 Å². The Labute approximate surface area is 102 Å². The summed E-state index contributed by atoms with van der Waals surface area (Å²) in [6, 6.07) is 1.02. The van der Waals surface area contributed by atoms with E-state index in [1.165, 1.54) is 24.1 Å². The van der Waals surface area contributed by atoms with Gasteiger partial charge in [-0.25, -0.2) is 0 Å². The first kappa shape index (κ1) is 13.0. The molecule has 0 aliphatic carbocycles. The van der Waals surface area contributed by atoms with Crippen LogP contribution in [0.1, 0.15) is 11.1 Å². The fourth-order valence-electron chi connectivity index (χ4n) is 2.27. The summed E-state index contributed by atoms with van der Waals surface area (Å²) in [7, 11) is 1.43.